The molecule has 0 saturated heterocycles. The van der Waals surface area contributed by atoms with Crippen molar-refractivity contribution in [3.8, 4) is 11.1 Å². The summed E-state index contributed by atoms with van der Waals surface area (Å²) >= 11 is 0. The van der Waals surface area contributed by atoms with Gasteiger partial charge in [-0.25, -0.2) is 0 Å². The average molecular weight is 252 g/mol. The Morgan fingerprint density at radius 2 is 1.67 bits per heavy atom. The van der Waals surface area contributed by atoms with E-state index in [1.807, 2.05) is 0 Å². The van der Waals surface area contributed by atoms with Crippen LogP contribution < -0.4 is 0 Å². The lowest BCUT2D eigenvalue weighted by atomic mass is 9.98. The number of rotatable bonds is 2. The van der Waals surface area contributed by atoms with Crippen LogP contribution >= 0.6 is 0 Å². The molecule has 0 aliphatic heterocycles. The maximum atomic E-state index is 12.9. The summed E-state index contributed by atoms with van der Waals surface area (Å²) in [4.78, 5) is 0. The number of hydrogen-bond acceptors (Lipinski definition) is 1. The second-order valence-corrected chi connectivity index (χ2v) is 3.90. The predicted molar refractivity (Wildman–Crippen MR) is 62.8 cm³/mol. The SMILES string of the molecule is OCc1cccc(-c2ccccc2C(F)(F)F)c1. The number of aliphatic hydroxyl groups is 1. The van der Waals surface area contributed by atoms with Crippen LogP contribution in [0.3, 0.4) is 0 Å². The van der Waals surface area contributed by atoms with Crippen molar-refractivity contribution in [1.82, 2.24) is 0 Å². The van der Waals surface area contributed by atoms with Gasteiger partial charge in [0.2, 0.25) is 0 Å². The third-order valence-corrected chi connectivity index (χ3v) is 2.65. The van der Waals surface area contributed by atoms with Crippen molar-refractivity contribution in [2.24, 2.45) is 0 Å². The second-order valence-electron chi connectivity index (χ2n) is 3.90. The lowest BCUT2D eigenvalue weighted by Crippen LogP contribution is -2.06. The van der Waals surface area contributed by atoms with E-state index in [0.29, 0.717) is 11.1 Å². The van der Waals surface area contributed by atoms with Crippen LogP contribution in [0.1, 0.15) is 11.1 Å². The van der Waals surface area contributed by atoms with Gasteiger partial charge in [-0.3, -0.25) is 0 Å². The van der Waals surface area contributed by atoms with E-state index >= 15 is 0 Å². The smallest absolute Gasteiger partial charge is 0.392 e. The Morgan fingerprint density at radius 1 is 0.944 bits per heavy atom. The number of halogens is 3. The van der Waals surface area contributed by atoms with Crippen molar-refractivity contribution in [1.29, 1.82) is 0 Å². The fourth-order valence-corrected chi connectivity index (χ4v) is 1.82. The highest BCUT2D eigenvalue weighted by Gasteiger charge is 2.33. The normalized spacial score (nSPS) is 11.6. The third-order valence-electron chi connectivity index (χ3n) is 2.65. The molecule has 0 bridgehead atoms. The summed E-state index contributed by atoms with van der Waals surface area (Å²) in [5.74, 6) is 0. The molecule has 18 heavy (non-hydrogen) atoms. The standard InChI is InChI=1S/C14H11F3O/c15-14(16,17)13-7-2-1-6-12(13)11-5-3-4-10(8-11)9-18/h1-8,18H,9H2. The van der Waals surface area contributed by atoms with E-state index in [9.17, 15) is 13.2 Å². The summed E-state index contributed by atoms with van der Waals surface area (Å²) < 4.78 is 38.6. The number of alkyl halides is 3. The van der Waals surface area contributed by atoms with Gasteiger partial charge in [-0.1, -0.05) is 36.4 Å². The molecule has 94 valence electrons. The molecule has 1 nitrogen and oxygen atoms in total. The van der Waals surface area contributed by atoms with Gasteiger partial charge in [0.05, 0.1) is 12.2 Å². The molecule has 0 heterocycles. The fraction of sp³-hybridized carbons (Fsp3) is 0.143. The maximum absolute atomic E-state index is 12.9. The highest BCUT2D eigenvalue weighted by molar-refractivity contribution is 5.68. The Balaban J connectivity index is 2.57. The summed E-state index contributed by atoms with van der Waals surface area (Å²) in [5.41, 5.74) is 0.499. The summed E-state index contributed by atoms with van der Waals surface area (Å²) in [5, 5.41) is 9.02. The van der Waals surface area contributed by atoms with Crippen LogP contribution in [0.4, 0.5) is 13.2 Å². The van der Waals surface area contributed by atoms with Gasteiger partial charge in [-0.05, 0) is 28.8 Å². The van der Waals surface area contributed by atoms with Crippen molar-refractivity contribution in [2.75, 3.05) is 0 Å². The predicted octanol–water partition coefficient (Wildman–Crippen LogP) is 3.86. The summed E-state index contributed by atoms with van der Waals surface area (Å²) in [6, 6.07) is 11.9. The Kier molecular flexibility index (Phi) is 3.39. The van der Waals surface area contributed by atoms with Crippen molar-refractivity contribution in [3.63, 3.8) is 0 Å². The molecule has 0 aliphatic carbocycles. The Morgan fingerprint density at radius 3 is 2.33 bits per heavy atom. The summed E-state index contributed by atoms with van der Waals surface area (Å²) in [7, 11) is 0. The lowest BCUT2D eigenvalue weighted by molar-refractivity contribution is -0.137. The van der Waals surface area contributed by atoms with Crippen LogP contribution in [0.15, 0.2) is 48.5 Å². The monoisotopic (exact) mass is 252 g/mol. The van der Waals surface area contributed by atoms with Gasteiger partial charge in [0.15, 0.2) is 0 Å². The van der Waals surface area contributed by atoms with Crippen LogP contribution in [0.2, 0.25) is 0 Å². The highest BCUT2D eigenvalue weighted by Crippen LogP contribution is 2.36. The van der Waals surface area contributed by atoms with Gasteiger partial charge in [0.1, 0.15) is 0 Å². The quantitative estimate of drug-likeness (QED) is 0.860. The number of benzene rings is 2. The van der Waals surface area contributed by atoms with Gasteiger partial charge in [-0.15, -0.1) is 0 Å². The van der Waals surface area contributed by atoms with Gasteiger partial charge in [-0.2, -0.15) is 13.2 Å². The fourth-order valence-electron chi connectivity index (χ4n) is 1.82. The zero-order valence-corrected chi connectivity index (χ0v) is 9.41. The summed E-state index contributed by atoms with van der Waals surface area (Å²) in [6.07, 6.45) is -4.38. The van der Waals surface area contributed by atoms with Crippen LogP contribution in [0.25, 0.3) is 11.1 Å². The molecule has 0 unspecified atom stereocenters. The maximum Gasteiger partial charge on any atom is 0.417 e. The molecule has 2 aromatic carbocycles. The van der Waals surface area contributed by atoms with Gasteiger partial charge < -0.3 is 5.11 Å². The van der Waals surface area contributed by atoms with Gasteiger partial charge in [0.25, 0.3) is 0 Å². The molecule has 1 N–H and O–H groups in total. The second kappa shape index (κ2) is 4.82. The molecular weight excluding hydrogens is 241 g/mol. The Labute approximate surface area is 103 Å². The first-order valence-corrected chi connectivity index (χ1v) is 5.39. The van der Waals surface area contributed by atoms with E-state index in [-0.39, 0.29) is 12.2 Å². The molecule has 2 aromatic rings. The molecule has 0 fully saturated rings. The third kappa shape index (κ3) is 2.54. The molecule has 0 aromatic heterocycles. The van der Waals surface area contributed by atoms with Crippen LogP contribution in [-0.4, -0.2) is 5.11 Å². The molecule has 0 amide bonds. The van der Waals surface area contributed by atoms with E-state index in [1.54, 1.807) is 30.3 Å². The molecule has 0 radical (unpaired) electrons. The number of aliphatic hydroxyl groups excluding tert-OH is 1. The van der Waals surface area contributed by atoms with E-state index in [0.717, 1.165) is 6.07 Å². The largest absolute Gasteiger partial charge is 0.417 e. The van der Waals surface area contributed by atoms with E-state index in [1.165, 1.54) is 12.1 Å². The van der Waals surface area contributed by atoms with Crippen LogP contribution in [0, 0.1) is 0 Å². The first kappa shape index (κ1) is 12.6. The van der Waals surface area contributed by atoms with Gasteiger partial charge >= 0.3 is 6.18 Å². The zero-order chi connectivity index (χ0) is 13.2. The van der Waals surface area contributed by atoms with E-state index in [2.05, 4.69) is 0 Å². The van der Waals surface area contributed by atoms with Crippen LogP contribution in [0.5, 0.6) is 0 Å². The molecule has 0 saturated carbocycles. The Hall–Kier alpha value is -1.81. The van der Waals surface area contributed by atoms with E-state index < -0.39 is 11.7 Å². The van der Waals surface area contributed by atoms with Gasteiger partial charge in [0, 0.05) is 0 Å². The molecule has 0 aliphatic rings. The minimum absolute atomic E-state index is 0.125. The highest BCUT2D eigenvalue weighted by atomic mass is 19.4. The van der Waals surface area contributed by atoms with Crippen molar-refractivity contribution >= 4 is 0 Å². The first-order chi connectivity index (χ1) is 8.52. The first-order valence-electron chi connectivity index (χ1n) is 5.39. The zero-order valence-electron chi connectivity index (χ0n) is 9.41. The molecule has 4 heteroatoms. The minimum Gasteiger partial charge on any atom is -0.392 e. The summed E-state index contributed by atoms with van der Waals surface area (Å²) in [6.45, 7) is -0.192. The molecular formula is C14H11F3O. The number of hydrogen-bond donors (Lipinski definition) is 1. The minimum atomic E-state index is -4.38. The average Bonchev–Trinajstić information content (AvgIpc) is 2.38. The lowest BCUT2D eigenvalue weighted by Gasteiger charge is -2.13. The van der Waals surface area contributed by atoms with E-state index in [4.69, 9.17) is 5.11 Å². The van der Waals surface area contributed by atoms with Crippen molar-refractivity contribution in [2.45, 2.75) is 12.8 Å². The molecule has 2 rings (SSSR count). The molecule has 0 atom stereocenters. The van der Waals surface area contributed by atoms with Crippen molar-refractivity contribution < 1.29 is 18.3 Å². The van der Waals surface area contributed by atoms with Crippen LogP contribution in [-0.2, 0) is 12.8 Å². The van der Waals surface area contributed by atoms with Crippen molar-refractivity contribution in [3.05, 3.63) is 59.7 Å². The Bertz CT molecular complexity index is 547. The topological polar surface area (TPSA) is 20.2 Å². The molecule has 0 spiro atoms.